The fourth-order valence-corrected chi connectivity index (χ4v) is 2.84. The van der Waals surface area contributed by atoms with Crippen molar-refractivity contribution in [3.63, 3.8) is 0 Å². The molecule has 0 spiro atoms. The molecular weight excluding hydrogens is 372 g/mol. The zero-order valence-electron chi connectivity index (χ0n) is 16.4. The number of rotatable bonds is 8. The maximum atomic E-state index is 12.2. The number of pyridine rings is 1. The first-order chi connectivity index (χ1) is 14.0. The fourth-order valence-electron chi connectivity index (χ4n) is 2.84. The Balaban J connectivity index is 1.62. The quantitative estimate of drug-likeness (QED) is 0.432. The Kier molecular flexibility index (Phi) is 6.29. The van der Waals surface area contributed by atoms with Gasteiger partial charge in [-0.2, -0.15) is 0 Å². The molecule has 0 aliphatic carbocycles. The molecule has 7 heteroatoms. The lowest BCUT2D eigenvalue weighted by Gasteiger charge is -2.12. The minimum atomic E-state index is -0.575. The summed E-state index contributed by atoms with van der Waals surface area (Å²) in [6.45, 7) is 5.16. The van der Waals surface area contributed by atoms with E-state index in [1.807, 2.05) is 25.1 Å². The van der Waals surface area contributed by atoms with Gasteiger partial charge in [-0.3, -0.25) is 9.20 Å². The number of esters is 1. The molecule has 3 rings (SSSR count). The summed E-state index contributed by atoms with van der Waals surface area (Å²) >= 11 is 0. The van der Waals surface area contributed by atoms with Gasteiger partial charge in [0.15, 0.2) is 18.1 Å². The predicted octanol–water partition coefficient (Wildman–Crippen LogP) is 2.86. The van der Waals surface area contributed by atoms with Gasteiger partial charge in [0.2, 0.25) is 0 Å². The van der Waals surface area contributed by atoms with E-state index in [9.17, 15) is 9.59 Å². The van der Waals surface area contributed by atoms with Gasteiger partial charge in [-0.25, -0.2) is 9.78 Å². The van der Waals surface area contributed by atoms with Gasteiger partial charge in [-0.1, -0.05) is 18.2 Å². The average molecular weight is 394 g/mol. The third-order valence-corrected chi connectivity index (χ3v) is 4.27. The number of carbonyl (C=O) groups excluding carboxylic acids is 1. The summed E-state index contributed by atoms with van der Waals surface area (Å²) in [5.41, 5.74) is 2.56. The van der Waals surface area contributed by atoms with Gasteiger partial charge in [0.1, 0.15) is 12.3 Å². The van der Waals surface area contributed by atoms with Gasteiger partial charge in [0.05, 0.1) is 12.8 Å². The standard InChI is InChI=1S/C22H22N2O5/c1-4-6-16-8-9-18(19(11-16)27-3)28-14-21(26)29-13-17-12-20(25)24-10-5-7-15(2)22(24)23-17/h4-5,7-12H,1,6,13-14H2,2-3H3. The van der Waals surface area contributed by atoms with Crippen molar-refractivity contribution in [2.75, 3.05) is 13.7 Å². The van der Waals surface area contributed by atoms with E-state index in [-0.39, 0.29) is 18.8 Å². The minimum absolute atomic E-state index is 0.113. The van der Waals surface area contributed by atoms with Crippen LogP contribution in [0.3, 0.4) is 0 Å². The number of allylic oxidation sites excluding steroid dienone is 1. The third-order valence-electron chi connectivity index (χ3n) is 4.27. The van der Waals surface area contributed by atoms with Crippen molar-refractivity contribution in [3.8, 4) is 11.5 Å². The van der Waals surface area contributed by atoms with Crippen LogP contribution in [0.15, 0.2) is 60.0 Å². The van der Waals surface area contributed by atoms with Crippen molar-refractivity contribution in [2.24, 2.45) is 0 Å². The van der Waals surface area contributed by atoms with E-state index >= 15 is 0 Å². The fraction of sp³-hybridized carbons (Fsp3) is 0.227. The summed E-state index contributed by atoms with van der Waals surface area (Å²) in [4.78, 5) is 28.6. The van der Waals surface area contributed by atoms with Crippen molar-refractivity contribution in [3.05, 3.63) is 82.4 Å². The van der Waals surface area contributed by atoms with E-state index in [4.69, 9.17) is 14.2 Å². The monoisotopic (exact) mass is 394 g/mol. The Hall–Kier alpha value is -3.61. The van der Waals surface area contributed by atoms with Gasteiger partial charge in [-0.05, 0) is 42.7 Å². The topological polar surface area (TPSA) is 79.1 Å². The second-order valence-corrected chi connectivity index (χ2v) is 6.40. The van der Waals surface area contributed by atoms with Crippen LogP contribution in [0.5, 0.6) is 11.5 Å². The largest absolute Gasteiger partial charge is 0.493 e. The van der Waals surface area contributed by atoms with Gasteiger partial charge in [0, 0.05) is 12.3 Å². The average Bonchev–Trinajstić information content (AvgIpc) is 2.72. The van der Waals surface area contributed by atoms with E-state index in [2.05, 4.69) is 11.6 Å². The van der Waals surface area contributed by atoms with Crippen LogP contribution in [0.4, 0.5) is 0 Å². The maximum Gasteiger partial charge on any atom is 0.344 e. The lowest BCUT2D eigenvalue weighted by molar-refractivity contribution is -0.147. The van der Waals surface area contributed by atoms with Crippen LogP contribution in [0.2, 0.25) is 0 Å². The van der Waals surface area contributed by atoms with E-state index < -0.39 is 5.97 Å². The molecule has 2 heterocycles. The molecule has 0 amide bonds. The van der Waals surface area contributed by atoms with Crippen LogP contribution in [-0.4, -0.2) is 29.1 Å². The number of aromatic nitrogens is 2. The Morgan fingerprint density at radius 2 is 2.07 bits per heavy atom. The van der Waals surface area contributed by atoms with E-state index in [1.54, 1.807) is 24.4 Å². The SMILES string of the molecule is C=CCc1ccc(OCC(=O)OCc2cc(=O)n3cccc(C)c3n2)c(OC)c1. The van der Waals surface area contributed by atoms with Crippen molar-refractivity contribution in [2.45, 2.75) is 20.0 Å². The van der Waals surface area contributed by atoms with Gasteiger partial charge in [-0.15, -0.1) is 6.58 Å². The Morgan fingerprint density at radius 3 is 2.83 bits per heavy atom. The van der Waals surface area contributed by atoms with Crippen LogP contribution in [0, 0.1) is 6.92 Å². The van der Waals surface area contributed by atoms with Gasteiger partial charge >= 0.3 is 5.97 Å². The summed E-state index contributed by atoms with van der Waals surface area (Å²) in [7, 11) is 1.53. The Bertz CT molecular complexity index is 1100. The maximum absolute atomic E-state index is 12.2. The molecule has 0 radical (unpaired) electrons. The number of fused-ring (bicyclic) bond motifs is 1. The number of carbonyl (C=O) groups is 1. The van der Waals surface area contributed by atoms with Crippen LogP contribution >= 0.6 is 0 Å². The van der Waals surface area contributed by atoms with E-state index in [0.29, 0.717) is 29.3 Å². The predicted molar refractivity (Wildman–Crippen MR) is 108 cm³/mol. The molecule has 0 N–H and O–H groups in total. The number of methoxy groups -OCH3 is 1. The summed E-state index contributed by atoms with van der Waals surface area (Å²) in [5, 5.41) is 0. The first-order valence-corrected chi connectivity index (χ1v) is 9.06. The van der Waals surface area contributed by atoms with Crippen molar-refractivity contribution >= 4 is 11.6 Å². The Morgan fingerprint density at radius 1 is 1.24 bits per heavy atom. The second kappa shape index (κ2) is 9.05. The third kappa shape index (κ3) is 4.82. The number of hydrogen-bond donors (Lipinski definition) is 0. The zero-order chi connectivity index (χ0) is 20.8. The normalized spacial score (nSPS) is 10.6. The molecule has 0 aliphatic rings. The molecule has 0 fully saturated rings. The van der Waals surface area contributed by atoms with Crippen LogP contribution in [0.1, 0.15) is 16.8 Å². The van der Waals surface area contributed by atoms with Crippen LogP contribution in [-0.2, 0) is 22.6 Å². The highest BCUT2D eigenvalue weighted by molar-refractivity contribution is 5.71. The number of aryl methyl sites for hydroxylation is 1. The molecule has 29 heavy (non-hydrogen) atoms. The Labute approximate surface area is 168 Å². The first-order valence-electron chi connectivity index (χ1n) is 9.06. The molecule has 0 saturated heterocycles. The molecule has 0 bridgehead atoms. The van der Waals surface area contributed by atoms with Gasteiger partial charge < -0.3 is 14.2 Å². The molecule has 1 aromatic carbocycles. The number of nitrogens with zero attached hydrogens (tertiary/aromatic N) is 2. The smallest absolute Gasteiger partial charge is 0.344 e. The van der Waals surface area contributed by atoms with E-state index in [1.165, 1.54) is 17.6 Å². The van der Waals surface area contributed by atoms with Crippen molar-refractivity contribution in [1.29, 1.82) is 0 Å². The van der Waals surface area contributed by atoms with Crippen LogP contribution in [0.25, 0.3) is 5.65 Å². The summed E-state index contributed by atoms with van der Waals surface area (Å²) < 4.78 is 17.5. The lowest BCUT2D eigenvalue weighted by Crippen LogP contribution is -2.19. The van der Waals surface area contributed by atoms with Gasteiger partial charge in [0.25, 0.3) is 5.56 Å². The summed E-state index contributed by atoms with van der Waals surface area (Å²) in [6.07, 6.45) is 4.15. The zero-order valence-corrected chi connectivity index (χ0v) is 16.4. The number of ether oxygens (including phenoxy) is 3. The molecular formula is C22H22N2O5. The molecule has 0 aliphatic heterocycles. The van der Waals surface area contributed by atoms with Crippen LogP contribution < -0.4 is 15.0 Å². The van der Waals surface area contributed by atoms with Crippen molar-refractivity contribution < 1.29 is 19.0 Å². The molecule has 2 aromatic heterocycles. The molecule has 150 valence electrons. The minimum Gasteiger partial charge on any atom is -0.493 e. The molecule has 7 nitrogen and oxygen atoms in total. The second-order valence-electron chi connectivity index (χ2n) is 6.40. The lowest BCUT2D eigenvalue weighted by atomic mass is 10.1. The summed E-state index contributed by atoms with van der Waals surface area (Å²) in [6, 6.07) is 10.4. The number of benzene rings is 1. The molecule has 0 atom stereocenters. The highest BCUT2D eigenvalue weighted by Gasteiger charge is 2.11. The highest BCUT2D eigenvalue weighted by Crippen LogP contribution is 2.28. The molecule has 0 saturated carbocycles. The molecule has 3 aromatic rings. The van der Waals surface area contributed by atoms with Crippen molar-refractivity contribution in [1.82, 2.24) is 9.38 Å². The highest BCUT2D eigenvalue weighted by atomic mass is 16.6. The molecule has 0 unspecified atom stereocenters. The van der Waals surface area contributed by atoms with E-state index in [0.717, 1.165) is 11.1 Å². The first kappa shape index (κ1) is 20.1. The number of hydrogen-bond acceptors (Lipinski definition) is 6. The summed E-state index contributed by atoms with van der Waals surface area (Å²) in [5.74, 6) is 0.390.